The van der Waals surface area contributed by atoms with E-state index in [-0.39, 0.29) is 12.2 Å². The topological polar surface area (TPSA) is 79.5 Å². The summed E-state index contributed by atoms with van der Waals surface area (Å²) in [5, 5.41) is 20.1. The molecule has 6 heteroatoms. The standard InChI is InChI=1S/C20H23NO4S/c1-15-4-7-18(8-5-15)26(23)14-20(22,13-21)11-10-16-12-17(24-2)6-9-19(16)25-3/h4-9,12,22H,10-11,14H2,1-3H3/t20-,26+/m0/s1. The van der Waals surface area contributed by atoms with Gasteiger partial charge in [0.1, 0.15) is 11.5 Å². The van der Waals surface area contributed by atoms with E-state index in [0.29, 0.717) is 22.8 Å². The van der Waals surface area contributed by atoms with Gasteiger partial charge in [0.2, 0.25) is 0 Å². The Morgan fingerprint density at radius 2 is 1.85 bits per heavy atom. The Bertz CT molecular complexity index is 814. The van der Waals surface area contributed by atoms with Crippen LogP contribution < -0.4 is 9.47 Å². The van der Waals surface area contributed by atoms with Gasteiger partial charge in [-0.1, -0.05) is 17.7 Å². The molecule has 0 saturated heterocycles. The van der Waals surface area contributed by atoms with Crippen LogP contribution in [0.25, 0.3) is 0 Å². The Balaban J connectivity index is 2.11. The van der Waals surface area contributed by atoms with E-state index < -0.39 is 16.4 Å². The lowest BCUT2D eigenvalue weighted by Crippen LogP contribution is -2.34. The minimum Gasteiger partial charge on any atom is -0.497 e. The summed E-state index contributed by atoms with van der Waals surface area (Å²) in [7, 11) is 1.67. The first-order valence-electron chi connectivity index (χ1n) is 8.20. The SMILES string of the molecule is COc1ccc(OC)c(CC[C@](O)(C#N)C[S@@](=O)c2ccc(C)cc2)c1. The van der Waals surface area contributed by atoms with Crippen LogP contribution >= 0.6 is 0 Å². The summed E-state index contributed by atoms with van der Waals surface area (Å²) in [6, 6.07) is 14.5. The fraction of sp³-hybridized carbons (Fsp3) is 0.350. The second-order valence-corrected chi connectivity index (χ2v) is 7.58. The molecule has 0 spiro atoms. The van der Waals surface area contributed by atoms with E-state index in [2.05, 4.69) is 0 Å². The quantitative estimate of drug-likeness (QED) is 0.720. The van der Waals surface area contributed by atoms with Crippen molar-refractivity contribution in [3.8, 4) is 17.6 Å². The van der Waals surface area contributed by atoms with Crippen molar-refractivity contribution >= 4 is 10.8 Å². The highest BCUT2D eigenvalue weighted by atomic mass is 32.2. The van der Waals surface area contributed by atoms with Crippen molar-refractivity contribution in [1.82, 2.24) is 0 Å². The molecule has 0 heterocycles. The molecule has 138 valence electrons. The van der Waals surface area contributed by atoms with E-state index in [1.165, 1.54) is 0 Å². The Hall–Kier alpha value is -2.36. The van der Waals surface area contributed by atoms with Gasteiger partial charge in [0.05, 0.1) is 36.8 Å². The Kier molecular flexibility index (Phi) is 6.78. The first-order valence-corrected chi connectivity index (χ1v) is 9.52. The second kappa shape index (κ2) is 8.84. The summed E-state index contributed by atoms with van der Waals surface area (Å²) in [6.07, 6.45) is 0.542. The third-order valence-electron chi connectivity index (χ3n) is 4.16. The monoisotopic (exact) mass is 373 g/mol. The molecule has 0 radical (unpaired) electrons. The predicted molar refractivity (Wildman–Crippen MR) is 101 cm³/mol. The molecule has 0 aliphatic heterocycles. The Morgan fingerprint density at radius 1 is 1.15 bits per heavy atom. The zero-order valence-corrected chi connectivity index (χ0v) is 16.0. The number of hydrogen-bond donors (Lipinski definition) is 1. The number of benzene rings is 2. The highest BCUT2D eigenvalue weighted by Gasteiger charge is 2.30. The highest BCUT2D eigenvalue weighted by molar-refractivity contribution is 7.85. The molecule has 2 aromatic rings. The van der Waals surface area contributed by atoms with Gasteiger partial charge in [-0.15, -0.1) is 0 Å². The molecule has 2 atom stereocenters. The van der Waals surface area contributed by atoms with Gasteiger partial charge in [0.15, 0.2) is 5.60 Å². The van der Waals surface area contributed by atoms with Crippen LogP contribution in [-0.4, -0.2) is 34.9 Å². The molecule has 2 aromatic carbocycles. The number of nitriles is 1. The average molecular weight is 373 g/mol. The van der Waals surface area contributed by atoms with Crippen LogP contribution in [0.1, 0.15) is 17.5 Å². The Labute approximate surface area is 156 Å². The zero-order valence-electron chi connectivity index (χ0n) is 15.2. The number of aryl methyl sites for hydroxylation is 2. The average Bonchev–Trinajstić information content (AvgIpc) is 2.66. The molecule has 0 aliphatic carbocycles. The molecule has 0 bridgehead atoms. The lowest BCUT2D eigenvalue weighted by Gasteiger charge is -2.20. The molecular formula is C20H23NO4S. The van der Waals surface area contributed by atoms with Crippen LogP contribution in [0.4, 0.5) is 0 Å². The lowest BCUT2D eigenvalue weighted by molar-refractivity contribution is 0.114. The van der Waals surface area contributed by atoms with E-state index in [1.54, 1.807) is 38.5 Å². The summed E-state index contributed by atoms with van der Waals surface area (Å²) < 4.78 is 23.1. The zero-order chi connectivity index (χ0) is 19.2. The second-order valence-electron chi connectivity index (χ2n) is 6.12. The van der Waals surface area contributed by atoms with Gasteiger partial charge in [-0.25, -0.2) is 0 Å². The van der Waals surface area contributed by atoms with Crippen molar-refractivity contribution in [1.29, 1.82) is 5.26 Å². The van der Waals surface area contributed by atoms with Gasteiger partial charge in [-0.2, -0.15) is 5.26 Å². The molecule has 0 fully saturated rings. The van der Waals surface area contributed by atoms with Gasteiger partial charge < -0.3 is 14.6 Å². The van der Waals surface area contributed by atoms with Crippen molar-refractivity contribution in [2.24, 2.45) is 0 Å². The van der Waals surface area contributed by atoms with Crippen LogP contribution in [0.15, 0.2) is 47.4 Å². The van der Waals surface area contributed by atoms with Gasteiger partial charge in [-0.05, 0) is 55.7 Å². The van der Waals surface area contributed by atoms with Gasteiger partial charge in [0, 0.05) is 4.90 Å². The van der Waals surface area contributed by atoms with Crippen LogP contribution in [0.5, 0.6) is 11.5 Å². The van der Waals surface area contributed by atoms with Gasteiger partial charge >= 0.3 is 0 Å². The fourth-order valence-electron chi connectivity index (χ4n) is 2.57. The normalized spacial score (nSPS) is 14.1. The molecule has 5 nitrogen and oxygen atoms in total. The third kappa shape index (κ3) is 5.07. The van der Waals surface area contributed by atoms with Crippen LogP contribution in [0.3, 0.4) is 0 Å². The largest absolute Gasteiger partial charge is 0.497 e. The van der Waals surface area contributed by atoms with Crippen molar-refractivity contribution in [2.45, 2.75) is 30.3 Å². The fourth-order valence-corrected chi connectivity index (χ4v) is 3.82. The number of rotatable bonds is 8. The van der Waals surface area contributed by atoms with Crippen molar-refractivity contribution in [3.05, 3.63) is 53.6 Å². The minimum absolute atomic E-state index is 0.140. The predicted octanol–water partition coefficient (Wildman–Crippen LogP) is 3.01. The van der Waals surface area contributed by atoms with Gasteiger partial charge in [0.25, 0.3) is 0 Å². The number of aliphatic hydroxyl groups is 1. The van der Waals surface area contributed by atoms with Crippen LogP contribution in [0.2, 0.25) is 0 Å². The summed E-state index contributed by atoms with van der Waals surface area (Å²) in [6.45, 7) is 1.94. The smallest absolute Gasteiger partial charge is 0.163 e. The number of hydrogen-bond acceptors (Lipinski definition) is 5. The Morgan fingerprint density at radius 3 is 2.42 bits per heavy atom. The van der Waals surface area contributed by atoms with E-state index in [4.69, 9.17) is 9.47 Å². The lowest BCUT2D eigenvalue weighted by atomic mass is 9.97. The van der Waals surface area contributed by atoms with Gasteiger partial charge in [-0.3, -0.25) is 4.21 Å². The maximum atomic E-state index is 12.5. The highest BCUT2D eigenvalue weighted by Crippen LogP contribution is 2.27. The molecule has 0 saturated carbocycles. The molecule has 0 amide bonds. The minimum atomic E-state index is -1.69. The summed E-state index contributed by atoms with van der Waals surface area (Å²) in [5.41, 5.74) is 0.192. The molecule has 2 rings (SSSR count). The molecular weight excluding hydrogens is 350 g/mol. The van der Waals surface area contributed by atoms with E-state index in [0.717, 1.165) is 11.1 Å². The number of methoxy groups -OCH3 is 2. The third-order valence-corrected chi connectivity index (χ3v) is 5.70. The van der Waals surface area contributed by atoms with Crippen molar-refractivity contribution in [3.63, 3.8) is 0 Å². The first-order chi connectivity index (χ1) is 12.4. The number of ether oxygens (including phenoxy) is 2. The van der Waals surface area contributed by atoms with E-state index in [9.17, 15) is 14.6 Å². The molecule has 1 N–H and O–H groups in total. The van der Waals surface area contributed by atoms with Crippen molar-refractivity contribution in [2.75, 3.05) is 20.0 Å². The maximum Gasteiger partial charge on any atom is 0.163 e. The summed E-state index contributed by atoms with van der Waals surface area (Å²) >= 11 is 0. The van der Waals surface area contributed by atoms with Crippen molar-refractivity contribution < 1.29 is 18.8 Å². The maximum absolute atomic E-state index is 12.5. The molecule has 0 unspecified atom stereocenters. The molecule has 0 aliphatic rings. The molecule has 0 aromatic heterocycles. The van der Waals surface area contributed by atoms with E-state index in [1.807, 2.05) is 31.2 Å². The van der Waals surface area contributed by atoms with Crippen LogP contribution in [0, 0.1) is 18.3 Å². The number of nitrogens with zero attached hydrogens (tertiary/aromatic N) is 1. The van der Waals surface area contributed by atoms with Crippen LogP contribution in [-0.2, 0) is 17.2 Å². The summed E-state index contributed by atoms with van der Waals surface area (Å²) in [4.78, 5) is 0.600. The molecule has 26 heavy (non-hydrogen) atoms. The first kappa shape index (κ1) is 20.0. The summed E-state index contributed by atoms with van der Waals surface area (Å²) in [5.74, 6) is 1.19. The van der Waals surface area contributed by atoms with E-state index >= 15 is 0 Å².